The van der Waals surface area contributed by atoms with Gasteiger partial charge in [0.2, 0.25) is 0 Å². The minimum Gasteiger partial charge on any atom is -0.167 e. The van der Waals surface area contributed by atoms with Crippen LogP contribution in [0, 0.1) is 5.92 Å². The SMILES string of the molecule is CCCCC1CCC(c2ccc(C=CC(F)(F)F)c(Cl)c2)CC1. The van der Waals surface area contributed by atoms with Gasteiger partial charge in [-0.1, -0.05) is 49.9 Å². The van der Waals surface area contributed by atoms with Crippen molar-refractivity contribution in [2.24, 2.45) is 5.92 Å². The third-order valence-corrected chi connectivity index (χ3v) is 5.09. The Kier molecular flexibility index (Phi) is 6.58. The molecule has 1 saturated carbocycles. The Hall–Kier alpha value is -0.960. The number of benzene rings is 1. The maximum absolute atomic E-state index is 12.2. The Morgan fingerprint density at radius 3 is 2.43 bits per heavy atom. The van der Waals surface area contributed by atoms with E-state index in [0.29, 0.717) is 16.5 Å². The van der Waals surface area contributed by atoms with Crippen LogP contribution in [-0.4, -0.2) is 6.18 Å². The van der Waals surface area contributed by atoms with Crippen molar-refractivity contribution in [2.75, 3.05) is 0 Å². The molecule has 0 bridgehead atoms. The zero-order valence-corrected chi connectivity index (χ0v) is 14.3. The third kappa shape index (κ3) is 5.87. The Morgan fingerprint density at radius 2 is 1.87 bits per heavy atom. The highest BCUT2D eigenvalue weighted by Gasteiger charge is 2.23. The van der Waals surface area contributed by atoms with E-state index < -0.39 is 6.18 Å². The zero-order valence-electron chi connectivity index (χ0n) is 13.5. The molecule has 0 atom stereocenters. The minimum atomic E-state index is -4.31. The molecule has 1 aliphatic carbocycles. The predicted molar refractivity (Wildman–Crippen MR) is 90.8 cm³/mol. The van der Waals surface area contributed by atoms with Crippen LogP contribution in [-0.2, 0) is 0 Å². The van der Waals surface area contributed by atoms with Crippen LogP contribution in [0.15, 0.2) is 24.3 Å². The summed E-state index contributed by atoms with van der Waals surface area (Å²) in [5.74, 6) is 1.33. The Morgan fingerprint density at radius 1 is 1.17 bits per heavy atom. The van der Waals surface area contributed by atoms with Crippen molar-refractivity contribution in [2.45, 2.75) is 64.0 Å². The molecular formula is C19H24ClF3. The van der Waals surface area contributed by atoms with Crippen LogP contribution in [0.1, 0.15) is 68.9 Å². The first-order valence-corrected chi connectivity index (χ1v) is 8.82. The van der Waals surface area contributed by atoms with Crippen LogP contribution in [0.4, 0.5) is 13.2 Å². The summed E-state index contributed by atoms with van der Waals surface area (Å²) in [4.78, 5) is 0. The van der Waals surface area contributed by atoms with E-state index in [1.165, 1.54) is 32.1 Å². The van der Waals surface area contributed by atoms with Gasteiger partial charge in [0.15, 0.2) is 0 Å². The number of alkyl halides is 3. The number of unbranched alkanes of at least 4 members (excludes halogenated alkanes) is 1. The van der Waals surface area contributed by atoms with Gasteiger partial charge in [-0.15, -0.1) is 0 Å². The molecule has 1 aliphatic rings. The quantitative estimate of drug-likeness (QED) is 0.522. The number of hydrogen-bond donors (Lipinski definition) is 0. The smallest absolute Gasteiger partial charge is 0.167 e. The topological polar surface area (TPSA) is 0 Å². The van der Waals surface area contributed by atoms with Crippen molar-refractivity contribution in [3.8, 4) is 0 Å². The first kappa shape index (κ1) is 18.4. The molecule has 0 spiro atoms. The lowest BCUT2D eigenvalue weighted by atomic mass is 9.77. The molecule has 1 aromatic carbocycles. The van der Waals surface area contributed by atoms with Gasteiger partial charge in [0, 0.05) is 11.1 Å². The fraction of sp³-hybridized carbons (Fsp3) is 0.579. The molecule has 1 aromatic rings. The summed E-state index contributed by atoms with van der Waals surface area (Å²) in [7, 11) is 0. The van der Waals surface area contributed by atoms with E-state index in [-0.39, 0.29) is 6.08 Å². The summed E-state index contributed by atoms with van der Waals surface area (Å²) in [6.07, 6.45) is 5.65. The summed E-state index contributed by atoms with van der Waals surface area (Å²) in [6, 6.07) is 5.47. The van der Waals surface area contributed by atoms with Gasteiger partial charge in [0.25, 0.3) is 0 Å². The van der Waals surface area contributed by atoms with Gasteiger partial charge < -0.3 is 0 Å². The number of allylic oxidation sites excluding steroid dienone is 1. The molecule has 0 nitrogen and oxygen atoms in total. The summed E-state index contributed by atoms with van der Waals surface area (Å²) in [6.45, 7) is 2.22. The molecule has 0 aromatic heterocycles. The van der Waals surface area contributed by atoms with Gasteiger partial charge in [0.1, 0.15) is 0 Å². The van der Waals surface area contributed by atoms with Gasteiger partial charge in [-0.25, -0.2) is 0 Å². The predicted octanol–water partition coefficient (Wildman–Crippen LogP) is 7.38. The van der Waals surface area contributed by atoms with Crippen LogP contribution < -0.4 is 0 Å². The van der Waals surface area contributed by atoms with E-state index in [9.17, 15) is 13.2 Å². The highest BCUT2D eigenvalue weighted by molar-refractivity contribution is 6.32. The average Bonchev–Trinajstić information content (AvgIpc) is 2.51. The fourth-order valence-corrected chi connectivity index (χ4v) is 3.65. The first-order chi connectivity index (χ1) is 10.9. The van der Waals surface area contributed by atoms with Gasteiger partial charge >= 0.3 is 6.18 Å². The normalized spacial score (nSPS) is 22.7. The van der Waals surface area contributed by atoms with Crippen LogP contribution in [0.3, 0.4) is 0 Å². The van der Waals surface area contributed by atoms with Gasteiger partial charge in [-0.3, -0.25) is 0 Å². The van der Waals surface area contributed by atoms with Crippen LogP contribution in [0.5, 0.6) is 0 Å². The van der Waals surface area contributed by atoms with E-state index >= 15 is 0 Å². The summed E-state index contributed by atoms with van der Waals surface area (Å²) < 4.78 is 36.7. The monoisotopic (exact) mass is 344 g/mol. The number of hydrogen-bond acceptors (Lipinski definition) is 0. The molecule has 0 unspecified atom stereocenters. The molecule has 0 aliphatic heterocycles. The molecule has 1 fully saturated rings. The fourth-order valence-electron chi connectivity index (χ4n) is 3.39. The maximum Gasteiger partial charge on any atom is 0.409 e. The molecule has 0 amide bonds. The lowest BCUT2D eigenvalue weighted by Crippen LogP contribution is -2.13. The van der Waals surface area contributed by atoms with Crippen molar-refractivity contribution in [1.29, 1.82) is 0 Å². The second-order valence-corrected chi connectivity index (χ2v) is 6.92. The molecule has 2 rings (SSSR count). The molecule has 0 radical (unpaired) electrons. The molecule has 23 heavy (non-hydrogen) atoms. The Balaban J connectivity index is 1.97. The maximum atomic E-state index is 12.2. The zero-order chi connectivity index (χ0) is 16.9. The standard InChI is InChI=1S/C19H24ClF3/c1-2-3-4-14-5-7-15(8-6-14)17-10-9-16(18(20)13-17)11-12-19(21,22)23/h9-15H,2-8H2,1H3. The number of halogens is 4. The van der Waals surface area contributed by atoms with Gasteiger partial charge in [-0.2, -0.15) is 13.2 Å². The van der Waals surface area contributed by atoms with Gasteiger partial charge in [0.05, 0.1) is 0 Å². The second-order valence-electron chi connectivity index (χ2n) is 6.52. The van der Waals surface area contributed by atoms with Crippen LogP contribution in [0.25, 0.3) is 6.08 Å². The highest BCUT2D eigenvalue weighted by Crippen LogP contribution is 2.38. The molecule has 0 heterocycles. The van der Waals surface area contributed by atoms with E-state index in [1.807, 2.05) is 12.1 Å². The van der Waals surface area contributed by atoms with E-state index in [4.69, 9.17) is 11.6 Å². The van der Waals surface area contributed by atoms with Crippen molar-refractivity contribution >= 4 is 17.7 Å². The second kappa shape index (κ2) is 8.23. The minimum absolute atomic E-state index is 0.229. The van der Waals surface area contributed by atoms with Crippen molar-refractivity contribution < 1.29 is 13.2 Å². The van der Waals surface area contributed by atoms with E-state index in [1.54, 1.807) is 6.07 Å². The van der Waals surface area contributed by atoms with Gasteiger partial charge in [-0.05, 0) is 60.8 Å². The average molecular weight is 345 g/mol. The first-order valence-electron chi connectivity index (χ1n) is 8.44. The van der Waals surface area contributed by atoms with Crippen LogP contribution >= 0.6 is 11.6 Å². The molecule has 128 valence electrons. The van der Waals surface area contributed by atoms with E-state index in [0.717, 1.165) is 30.4 Å². The largest absolute Gasteiger partial charge is 0.409 e. The van der Waals surface area contributed by atoms with E-state index in [2.05, 4.69) is 6.92 Å². The van der Waals surface area contributed by atoms with Crippen molar-refractivity contribution in [3.63, 3.8) is 0 Å². The Bertz CT molecular complexity index is 526. The lowest BCUT2D eigenvalue weighted by molar-refractivity contribution is -0.0790. The molecule has 0 N–H and O–H groups in total. The molecule has 4 heteroatoms. The molecular weight excluding hydrogens is 321 g/mol. The van der Waals surface area contributed by atoms with Crippen molar-refractivity contribution in [3.05, 3.63) is 40.4 Å². The summed E-state index contributed by atoms with van der Waals surface area (Å²) in [5, 5.41) is 0.399. The van der Waals surface area contributed by atoms with Crippen molar-refractivity contribution in [1.82, 2.24) is 0 Å². The molecule has 0 saturated heterocycles. The van der Waals surface area contributed by atoms with Crippen LogP contribution in [0.2, 0.25) is 5.02 Å². The Labute approximate surface area is 141 Å². The summed E-state index contributed by atoms with van der Waals surface area (Å²) >= 11 is 6.16. The number of rotatable bonds is 5. The summed E-state index contributed by atoms with van der Waals surface area (Å²) in [5.41, 5.74) is 1.58. The highest BCUT2D eigenvalue weighted by atomic mass is 35.5. The third-order valence-electron chi connectivity index (χ3n) is 4.76. The lowest BCUT2D eigenvalue weighted by Gasteiger charge is -2.29.